The van der Waals surface area contributed by atoms with E-state index in [-0.39, 0.29) is 0 Å². The Bertz CT molecular complexity index is 235. The minimum atomic E-state index is 1.02. The molecule has 3 heteroatoms. The molecule has 0 atom stereocenters. The lowest BCUT2D eigenvalue weighted by molar-refractivity contribution is 1.01. The van der Waals surface area contributed by atoms with Crippen molar-refractivity contribution in [3.05, 3.63) is 25.1 Å². The van der Waals surface area contributed by atoms with Crippen LogP contribution in [0.2, 0.25) is 0 Å². The van der Waals surface area contributed by atoms with Gasteiger partial charge in [0.1, 0.15) is 3.70 Å². The molecule has 1 nitrogen and oxygen atoms in total. The van der Waals surface area contributed by atoms with Crippen molar-refractivity contribution in [2.75, 3.05) is 0 Å². The van der Waals surface area contributed by atoms with E-state index in [1.165, 1.54) is 9.26 Å². The Balaban J connectivity index is 3.09. The maximum atomic E-state index is 4.37. The van der Waals surface area contributed by atoms with Crippen molar-refractivity contribution in [1.82, 2.24) is 4.98 Å². The van der Waals surface area contributed by atoms with Gasteiger partial charge in [0.2, 0.25) is 0 Å². The highest BCUT2D eigenvalue weighted by Gasteiger charge is 1.97. The number of hydrogen-bond donors (Lipinski definition) is 0. The summed E-state index contributed by atoms with van der Waals surface area (Å²) in [7, 11) is 0. The summed E-state index contributed by atoms with van der Waals surface area (Å²) in [5.74, 6) is 0. The second-order valence-electron chi connectivity index (χ2n) is 1.92. The Labute approximate surface area is 87.9 Å². The molecule has 54 valence electrons. The zero-order valence-electron chi connectivity index (χ0n) is 5.56. The summed E-state index contributed by atoms with van der Waals surface area (Å²) in [6.45, 7) is 2.13. The lowest BCUT2D eigenvalue weighted by atomic mass is 10.3. The third kappa shape index (κ3) is 2.05. The summed E-state index contributed by atoms with van der Waals surface area (Å²) >= 11 is 4.54. The van der Waals surface area contributed by atoms with Gasteiger partial charge in [0.25, 0.3) is 0 Å². The number of aryl methyl sites for hydroxylation is 1. The van der Waals surface area contributed by atoms with Crippen molar-refractivity contribution in [3.8, 4) is 0 Å². The molecule has 0 aliphatic rings. The van der Waals surface area contributed by atoms with Crippen LogP contribution in [0.5, 0.6) is 0 Å². The van der Waals surface area contributed by atoms with Crippen molar-refractivity contribution >= 4 is 45.2 Å². The van der Waals surface area contributed by atoms with E-state index >= 15 is 0 Å². The normalized spacial score (nSPS) is 9.90. The van der Waals surface area contributed by atoms with Gasteiger partial charge in [-0.15, -0.1) is 0 Å². The zero-order chi connectivity index (χ0) is 7.56. The summed E-state index contributed by atoms with van der Waals surface area (Å²) in [5.41, 5.74) is 1.20. The predicted molar refractivity (Wildman–Crippen MR) is 59.0 cm³/mol. The Kier molecular flexibility index (Phi) is 3.35. The maximum Gasteiger partial charge on any atom is 0.101 e. The summed E-state index contributed by atoms with van der Waals surface area (Å²) in [6.07, 6.45) is 1.02. The van der Waals surface area contributed by atoms with Gasteiger partial charge < -0.3 is 0 Å². The second-order valence-corrected chi connectivity index (χ2v) is 4.18. The number of aromatic nitrogens is 1. The lowest BCUT2D eigenvalue weighted by Crippen LogP contribution is -1.92. The van der Waals surface area contributed by atoms with E-state index in [0.29, 0.717) is 0 Å². The first kappa shape index (κ1) is 8.70. The first-order valence-electron chi connectivity index (χ1n) is 3.05. The smallest absolute Gasteiger partial charge is 0.101 e. The number of rotatable bonds is 1. The highest BCUT2D eigenvalue weighted by atomic mass is 127. The largest absolute Gasteiger partial charge is 0.246 e. The molecule has 0 aliphatic carbocycles. The Morgan fingerprint density at radius 3 is 2.60 bits per heavy atom. The van der Waals surface area contributed by atoms with Crippen LogP contribution in [0.1, 0.15) is 12.6 Å². The van der Waals surface area contributed by atoms with Crippen LogP contribution in [-0.2, 0) is 6.42 Å². The number of hydrogen-bond acceptors (Lipinski definition) is 1. The highest BCUT2D eigenvalue weighted by Crippen LogP contribution is 2.11. The molecule has 1 heterocycles. The van der Waals surface area contributed by atoms with Gasteiger partial charge in [-0.3, -0.25) is 0 Å². The van der Waals surface area contributed by atoms with Gasteiger partial charge in [-0.05, 0) is 63.7 Å². The van der Waals surface area contributed by atoms with Gasteiger partial charge in [-0.25, -0.2) is 4.98 Å². The molecule has 0 bridgehead atoms. The third-order valence-corrected chi connectivity index (χ3v) is 2.80. The Hall–Kier alpha value is 0.610. The van der Waals surface area contributed by atoms with E-state index < -0.39 is 0 Å². The monoisotopic (exact) mass is 359 g/mol. The average molecular weight is 359 g/mol. The van der Waals surface area contributed by atoms with Crippen LogP contribution >= 0.6 is 45.2 Å². The highest BCUT2D eigenvalue weighted by molar-refractivity contribution is 14.1. The summed E-state index contributed by atoms with van der Waals surface area (Å²) in [6, 6.07) is 4.13. The summed E-state index contributed by atoms with van der Waals surface area (Å²) < 4.78 is 2.34. The van der Waals surface area contributed by atoms with Crippen LogP contribution in [0.25, 0.3) is 0 Å². The van der Waals surface area contributed by atoms with Crippen LogP contribution in [0.3, 0.4) is 0 Å². The molecule has 0 spiro atoms. The summed E-state index contributed by atoms with van der Waals surface area (Å²) in [5, 5.41) is 0. The van der Waals surface area contributed by atoms with Crippen LogP contribution in [-0.4, -0.2) is 4.98 Å². The molecule has 0 radical (unpaired) electrons. The van der Waals surface area contributed by atoms with E-state index in [1.54, 1.807) is 0 Å². The molecular weight excluding hydrogens is 352 g/mol. The number of halogens is 2. The molecule has 1 rings (SSSR count). The standard InChI is InChI=1S/C7H7I2N/c1-2-6-5(8)3-4-7(9)10-6/h3-4H,2H2,1H3. The molecule has 10 heavy (non-hydrogen) atoms. The lowest BCUT2D eigenvalue weighted by Gasteiger charge is -1.98. The molecule has 1 aromatic rings. The van der Waals surface area contributed by atoms with Gasteiger partial charge in [-0.2, -0.15) is 0 Å². The number of nitrogens with zero attached hydrogens (tertiary/aromatic N) is 1. The Morgan fingerprint density at radius 2 is 2.10 bits per heavy atom. The van der Waals surface area contributed by atoms with Crippen molar-refractivity contribution in [2.24, 2.45) is 0 Å². The van der Waals surface area contributed by atoms with Gasteiger partial charge in [0.05, 0.1) is 5.69 Å². The molecule has 1 aromatic heterocycles. The van der Waals surface area contributed by atoms with E-state index in [0.717, 1.165) is 10.1 Å². The fraction of sp³-hybridized carbons (Fsp3) is 0.286. The van der Waals surface area contributed by atoms with Crippen molar-refractivity contribution in [3.63, 3.8) is 0 Å². The van der Waals surface area contributed by atoms with E-state index in [1.807, 2.05) is 6.07 Å². The van der Waals surface area contributed by atoms with E-state index in [4.69, 9.17) is 0 Å². The molecule has 0 saturated heterocycles. The molecule has 0 N–H and O–H groups in total. The van der Waals surface area contributed by atoms with Crippen molar-refractivity contribution < 1.29 is 0 Å². The van der Waals surface area contributed by atoms with Crippen molar-refractivity contribution in [1.29, 1.82) is 0 Å². The van der Waals surface area contributed by atoms with Crippen LogP contribution in [0.4, 0.5) is 0 Å². The van der Waals surface area contributed by atoms with Crippen LogP contribution < -0.4 is 0 Å². The molecule has 0 saturated carbocycles. The molecular formula is C7H7I2N. The molecule has 0 aliphatic heterocycles. The van der Waals surface area contributed by atoms with Gasteiger partial charge in [0.15, 0.2) is 0 Å². The first-order valence-corrected chi connectivity index (χ1v) is 5.20. The SMILES string of the molecule is CCc1nc(I)ccc1I. The Morgan fingerprint density at radius 1 is 1.40 bits per heavy atom. The molecule has 0 aromatic carbocycles. The molecule has 0 unspecified atom stereocenters. The number of pyridine rings is 1. The molecule has 0 fully saturated rings. The van der Waals surface area contributed by atoms with Gasteiger partial charge in [0, 0.05) is 3.57 Å². The minimum absolute atomic E-state index is 1.02. The minimum Gasteiger partial charge on any atom is -0.246 e. The zero-order valence-corrected chi connectivity index (χ0v) is 9.88. The summed E-state index contributed by atoms with van der Waals surface area (Å²) in [4.78, 5) is 4.37. The second kappa shape index (κ2) is 3.85. The van der Waals surface area contributed by atoms with Gasteiger partial charge in [-0.1, -0.05) is 6.92 Å². The van der Waals surface area contributed by atoms with Crippen LogP contribution in [0, 0.1) is 7.27 Å². The fourth-order valence-electron chi connectivity index (χ4n) is 0.706. The van der Waals surface area contributed by atoms with Crippen molar-refractivity contribution in [2.45, 2.75) is 13.3 Å². The quantitative estimate of drug-likeness (QED) is 0.555. The maximum absolute atomic E-state index is 4.37. The third-order valence-electron chi connectivity index (χ3n) is 1.22. The first-order chi connectivity index (χ1) is 4.74. The fourth-order valence-corrected chi connectivity index (χ4v) is 1.86. The predicted octanol–water partition coefficient (Wildman–Crippen LogP) is 2.85. The average Bonchev–Trinajstić information content (AvgIpc) is 1.94. The van der Waals surface area contributed by atoms with E-state index in [2.05, 4.69) is 63.2 Å². The molecule has 0 amide bonds. The van der Waals surface area contributed by atoms with E-state index in [9.17, 15) is 0 Å². The van der Waals surface area contributed by atoms with Crippen LogP contribution in [0.15, 0.2) is 12.1 Å². The van der Waals surface area contributed by atoms with Gasteiger partial charge >= 0.3 is 0 Å². The topological polar surface area (TPSA) is 12.9 Å².